The zero-order valence-corrected chi connectivity index (χ0v) is 8.64. The van der Waals surface area contributed by atoms with Crippen molar-refractivity contribution in [1.29, 1.82) is 0 Å². The smallest absolute Gasteiger partial charge is 0.232 e. The van der Waals surface area contributed by atoms with Gasteiger partial charge in [-0.2, -0.15) is 0 Å². The number of carbonyl (C=O) groups is 1. The Hall–Kier alpha value is -1.49. The van der Waals surface area contributed by atoms with Crippen LogP contribution in [0.15, 0.2) is 12.3 Å². The first kappa shape index (κ1) is 10.0. The van der Waals surface area contributed by atoms with Gasteiger partial charge in [0, 0.05) is 26.3 Å². The highest BCUT2D eigenvalue weighted by atomic mass is 16.5. The van der Waals surface area contributed by atoms with Crippen LogP contribution < -0.4 is 4.90 Å². The van der Waals surface area contributed by atoms with Gasteiger partial charge in [0.25, 0.3) is 0 Å². The van der Waals surface area contributed by atoms with Gasteiger partial charge in [0.1, 0.15) is 0 Å². The van der Waals surface area contributed by atoms with Crippen LogP contribution in [0.5, 0.6) is 0 Å². The van der Waals surface area contributed by atoms with Crippen LogP contribution in [0, 0.1) is 0 Å². The summed E-state index contributed by atoms with van der Waals surface area (Å²) >= 11 is 0. The minimum atomic E-state index is 0.101. The van der Waals surface area contributed by atoms with Crippen LogP contribution in [-0.2, 0) is 16.1 Å². The monoisotopic (exact) mass is 207 g/mol. The highest BCUT2D eigenvalue weighted by Crippen LogP contribution is 2.16. The summed E-state index contributed by atoms with van der Waals surface area (Å²) in [5, 5.41) is 0. The summed E-state index contributed by atoms with van der Waals surface area (Å²) in [4.78, 5) is 21.4. The average molecular weight is 207 g/mol. The average Bonchev–Trinajstić information content (AvgIpc) is 2.65. The van der Waals surface area contributed by atoms with E-state index in [-0.39, 0.29) is 5.91 Å². The molecule has 15 heavy (non-hydrogen) atoms. The summed E-state index contributed by atoms with van der Waals surface area (Å²) in [6.07, 6.45) is 3.14. The molecule has 1 amide bonds. The van der Waals surface area contributed by atoms with Crippen molar-refractivity contribution in [2.24, 2.45) is 0 Å². The Morgan fingerprint density at radius 2 is 2.47 bits per heavy atom. The van der Waals surface area contributed by atoms with Crippen molar-refractivity contribution in [1.82, 2.24) is 9.97 Å². The van der Waals surface area contributed by atoms with E-state index in [1.54, 1.807) is 24.3 Å². The largest absolute Gasteiger partial charge is 0.378 e. The van der Waals surface area contributed by atoms with Gasteiger partial charge in [0.05, 0.1) is 12.3 Å². The maximum Gasteiger partial charge on any atom is 0.232 e. The molecule has 0 spiro atoms. The third-order valence-electron chi connectivity index (χ3n) is 2.31. The number of hydrogen-bond acceptors (Lipinski definition) is 4. The van der Waals surface area contributed by atoms with Crippen molar-refractivity contribution in [3.8, 4) is 0 Å². The molecular weight excluding hydrogens is 194 g/mol. The summed E-state index contributed by atoms with van der Waals surface area (Å²) in [5.41, 5.74) is 0.794. The minimum absolute atomic E-state index is 0.101. The molecule has 1 fully saturated rings. The topological polar surface area (TPSA) is 55.3 Å². The Morgan fingerprint density at radius 1 is 1.60 bits per heavy atom. The highest BCUT2D eigenvalue weighted by Gasteiger charge is 2.23. The second-order valence-corrected chi connectivity index (χ2v) is 3.43. The van der Waals surface area contributed by atoms with Gasteiger partial charge in [-0.05, 0) is 12.5 Å². The van der Waals surface area contributed by atoms with E-state index in [4.69, 9.17) is 4.74 Å². The lowest BCUT2D eigenvalue weighted by Gasteiger charge is -2.13. The number of anilines is 1. The van der Waals surface area contributed by atoms with E-state index >= 15 is 0 Å². The predicted molar refractivity (Wildman–Crippen MR) is 54.3 cm³/mol. The molecule has 1 aliphatic rings. The molecule has 80 valence electrons. The fraction of sp³-hybridized carbons (Fsp3) is 0.500. The second-order valence-electron chi connectivity index (χ2n) is 3.43. The standard InChI is InChI=1S/C10H13N3O2/c1-15-7-8-4-5-11-10(12-8)13-6-2-3-9(13)14/h4-5H,2-3,6-7H2,1H3. The molecule has 2 rings (SSSR count). The molecule has 1 aromatic rings. The van der Waals surface area contributed by atoms with Crippen molar-refractivity contribution in [3.05, 3.63) is 18.0 Å². The molecule has 2 heterocycles. The fourth-order valence-electron chi connectivity index (χ4n) is 1.60. The number of rotatable bonds is 3. The third-order valence-corrected chi connectivity index (χ3v) is 2.31. The SMILES string of the molecule is COCc1ccnc(N2CCCC2=O)n1. The first-order valence-electron chi connectivity index (χ1n) is 4.92. The van der Waals surface area contributed by atoms with Crippen LogP contribution in [0.3, 0.4) is 0 Å². The normalized spacial score (nSPS) is 16.1. The molecule has 5 nitrogen and oxygen atoms in total. The van der Waals surface area contributed by atoms with Crippen molar-refractivity contribution in [2.75, 3.05) is 18.6 Å². The molecule has 0 aromatic carbocycles. The van der Waals surface area contributed by atoms with Gasteiger partial charge >= 0.3 is 0 Å². The summed E-state index contributed by atoms with van der Waals surface area (Å²) in [7, 11) is 1.61. The van der Waals surface area contributed by atoms with Gasteiger partial charge in [-0.3, -0.25) is 9.69 Å². The summed E-state index contributed by atoms with van der Waals surface area (Å²) in [5.74, 6) is 0.594. The molecule has 0 aliphatic carbocycles. The maximum absolute atomic E-state index is 11.5. The number of hydrogen-bond donors (Lipinski definition) is 0. The van der Waals surface area contributed by atoms with E-state index in [1.165, 1.54) is 0 Å². The molecular formula is C10H13N3O2. The Kier molecular flexibility index (Phi) is 2.91. The van der Waals surface area contributed by atoms with Crippen LogP contribution in [0.1, 0.15) is 18.5 Å². The Morgan fingerprint density at radius 3 is 3.13 bits per heavy atom. The summed E-state index contributed by atoms with van der Waals surface area (Å²) in [6, 6.07) is 1.79. The number of ether oxygens (including phenoxy) is 1. The van der Waals surface area contributed by atoms with E-state index < -0.39 is 0 Å². The van der Waals surface area contributed by atoms with E-state index in [2.05, 4.69) is 9.97 Å². The van der Waals surface area contributed by atoms with Gasteiger partial charge in [-0.15, -0.1) is 0 Å². The summed E-state index contributed by atoms with van der Waals surface area (Å²) in [6.45, 7) is 1.16. The molecule has 1 aliphatic heterocycles. The molecule has 0 radical (unpaired) electrons. The van der Waals surface area contributed by atoms with Crippen molar-refractivity contribution < 1.29 is 9.53 Å². The molecule has 0 saturated carbocycles. The molecule has 5 heteroatoms. The molecule has 1 saturated heterocycles. The Balaban J connectivity index is 2.20. The zero-order valence-electron chi connectivity index (χ0n) is 8.64. The van der Waals surface area contributed by atoms with Gasteiger partial charge < -0.3 is 4.74 Å². The van der Waals surface area contributed by atoms with Crippen molar-refractivity contribution in [2.45, 2.75) is 19.4 Å². The van der Waals surface area contributed by atoms with E-state index in [0.29, 0.717) is 19.0 Å². The number of amides is 1. The van der Waals surface area contributed by atoms with E-state index in [1.807, 2.05) is 0 Å². The molecule has 0 atom stereocenters. The van der Waals surface area contributed by atoms with Crippen molar-refractivity contribution >= 4 is 11.9 Å². The second kappa shape index (κ2) is 4.35. The minimum Gasteiger partial charge on any atom is -0.378 e. The quantitative estimate of drug-likeness (QED) is 0.734. The van der Waals surface area contributed by atoms with Crippen LogP contribution in [0.4, 0.5) is 5.95 Å². The maximum atomic E-state index is 11.5. The molecule has 0 N–H and O–H groups in total. The number of nitrogens with zero attached hydrogens (tertiary/aromatic N) is 3. The van der Waals surface area contributed by atoms with E-state index in [9.17, 15) is 4.79 Å². The lowest BCUT2D eigenvalue weighted by atomic mass is 10.4. The fourth-order valence-corrected chi connectivity index (χ4v) is 1.60. The number of aromatic nitrogens is 2. The van der Waals surface area contributed by atoms with Crippen LogP contribution >= 0.6 is 0 Å². The molecule has 0 bridgehead atoms. The van der Waals surface area contributed by atoms with Crippen LogP contribution in [-0.4, -0.2) is 29.5 Å². The van der Waals surface area contributed by atoms with Crippen LogP contribution in [0.25, 0.3) is 0 Å². The third kappa shape index (κ3) is 2.12. The van der Waals surface area contributed by atoms with Gasteiger partial charge in [0.2, 0.25) is 11.9 Å². The molecule has 0 unspecified atom stereocenters. The lowest BCUT2D eigenvalue weighted by Crippen LogP contribution is -2.26. The first-order valence-corrected chi connectivity index (χ1v) is 4.92. The van der Waals surface area contributed by atoms with Crippen LogP contribution in [0.2, 0.25) is 0 Å². The first-order chi connectivity index (χ1) is 7.31. The zero-order chi connectivity index (χ0) is 10.7. The van der Waals surface area contributed by atoms with Gasteiger partial charge in [-0.25, -0.2) is 9.97 Å². The number of methoxy groups -OCH3 is 1. The van der Waals surface area contributed by atoms with Crippen molar-refractivity contribution in [3.63, 3.8) is 0 Å². The van der Waals surface area contributed by atoms with Gasteiger partial charge in [-0.1, -0.05) is 0 Å². The summed E-state index contributed by atoms with van der Waals surface area (Å²) < 4.78 is 4.98. The van der Waals surface area contributed by atoms with E-state index in [0.717, 1.165) is 18.7 Å². The Bertz CT molecular complexity index is 367. The number of carbonyl (C=O) groups excluding carboxylic acids is 1. The highest BCUT2D eigenvalue weighted by molar-refractivity contribution is 5.93. The lowest BCUT2D eigenvalue weighted by molar-refractivity contribution is -0.117. The van der Waals surface area contributed by atoms with Gasteiger partial charge in [0.15, 0.2) is 0 Å². The molecule has 1 aromatic heterocycles. The Labute approximate surface area is 88.1 Å². The predicted octanol–water partition coefficient (Wildman–Crippen LogP) is 0.750.